The molecule has 0 unspecified atom stereocenters. The number of nitriles is 1. The third-order valence-corrected chi connectivity index (χ3v) is 5.89. The molecule has 0 radical (unpaired) electrons. The highest BCUT2D eigenvalue weighted by molar-refractivity contribution is 5.88. The summed E-state index contributed by atoms with van der Waals surface area (Å²) in [5, 5.41) is 9.15. The van der Waals surface area contributed by atoms with Crippen molar-refractivity contribution in [2.24, 2.45) is 5.73 Å². The molecule has 5 rings (SSSR count). The lowest BCUT2D eigenvalue weighted by atomic mass is 10.0. The van der Waals surface area contributed by atoms with Crippen molar-refractivity contribution in [2.45, 2.75) is 18.8 Å². The van der Waals surface area contributed by atoms with Crippen LogP contribution in [0, 0.1) is 11.3 Å². The van der Waals surface area contributed by atoms with Crippen LogP contribution in [0.2, 0.25) is 0 Å². The monoisotopic (exact) mass is 475 g/mol. The first kappa shape index (κ1) is 22.6. The molecule has 2 heterocycles. The molecule has 1 fully saturated rings. The van der Waals surface area contributed by atoms with Crippen molar-refractivity contribution in [2.75, 3.05) is 18.0 Å². The number of rotatable bonds is 4. The lowest BCUT2D eigenvalue weighted by molar-refractivity contribution is -0.274. The van der Waals surface area contributed by atoms with Gasteiger partial charge in [0, 0.05) is 35.9 Å². The van der Waals surface area contributed by atoms with Gasteiger partial charge >= 0.3 is 6.36 Å². The molecule has 2 N–H and O–H groups in total. The van der Waals surface area contributed by atoms with Crippen LogP contribution in [0.3, 0.4) is 0 Å². The van der Waals surface area contributed by atoms with Gasteiger partial charge in [-0.05, 0) is 61.0 Å². The highest BCUT2D eigenvalue weighted by atomic mass is 19.4. The van der Waals surface area contributed by atoms with E-state index in [1.54, 1.807) is 24.3 Å². The maximum absolute atomic E-state index is 12.6. The molecule has 1 aromatic heterocycles. The van der Waals surface area contributed by atoms with Crippen molar-refractivity contribution in [1.82, 2.24) is 9.97 Å². The maximum atomic E-state index is 12.6. The second-order valence-corrected chi connectivity index (χ2v) is 8.35. The fraction of sp³-hybridized carbons (Fsp3) is 0.192. The van der Waals surface area contributed by atoms with E-state index in [9.17, 15) is 13.2 Å². The van der Waals surface area contributed by atoms with E-state index in [-0.39, 0.29) is 11.8 Å². The van der Waals surface area contributed by atoms with Gasteiger partial charge in [0.2, 0.25) is 0 Å². The Morgan fingerprint density at radius 2 is 1.54 bits per heavy atom. The number of halogens is 3. The Kier molecular flexibility index (Phi) is 5.75. The molecule has 1 aliphatic rings. The van der Waals surface area contributed by atoms with Crippen molar-refractivity contribution in [3.63, 3.8) is 0 Å². The fourth-order valence-electron chi connectivity index (χ4n) is 4.18. The largest absolute Gasteiger partial charge is 0.573 e. The van der Waals surface area contributed by atoms with Gasteiger partial charge in [-0.3, -0.25) is 0 Å². The van der Waals surface area contributed by atoms with Crippen LogP contribution in [0.25, 0.3) is 33.5 Å². The number of hydrogen-bond acceptors (Lipinski definition) is 6. The van der Waals surface area contributed by atoms with E-state index < -0.39 is 6.36 Å². The molecule has 3 aromatic carbocycles. The van der Waals surface area contributed by atoms with Crippen LogP contribution < -0.4 is 15.4 Å². The van der Waals surface area contributed by atoms with E-state index >= 15 is 0 Å². The van der Waals surface area contributed by atoms with Gasteiger partial charge < -0.3 is 15.4 Å². The first-order chi connectivity index (χ1) is 16.8. The summed E-state index contributed by atoms with van der Waals surface area (Å²) < 4.78 is 41.7. The standard InChI is InChI=1S/C26H20F3N5O/c27-26(28,29)35-21-8-5-18(6-9-21)24-25(17-3-1-16(14-30)2-4-17)33-23-13-20(7-10-22(23)32-24)34-12-11-19(31)15-34/h1-10,13,19H,11-12,15,31H2/t19-/m0/s1. The van der Waals surface area contributed by atoms with E-state index in [2.05, 4.69) is 15.7 Å². The summed E-state index contributed by atoms with van der Waals surface area (Å²) >= 11 is 0. The van der Waals surface area contributed by atoms with E-state index in [0.717, 1.165) is 30.8 Å². The van der Waals surface area contributed by atoms with Crippen molar-refractivity contribution in [1.29, 1.82) is 5.26 Å². The van der Waals surface area contributed by atoms with Gasteiger partial charge in [-0.1, -0.05) is 12.1 Å². The van der Waals surface area contributed by atoms with Gasteiger partial charge in [-0.15, -0.1) is 13.2 Å². The van der Waals surface area contributed by atoms with Gasteiger partial charge in [0.25, 0.3) is 0 Å². The highest BCUT2D eigenvalue weighted by Gasteiger charge is 2.31. The summed E-state index contributed by atoms with van der Waals surface area (Å²) in [5.41, 5.74) is 11.3. The average Bonchev–Trinajstić information content (AvgIpc) is 3.29. The molecule has 0 saturated carbocycles. The Bertz CT molecular complexity index is 1410. The molecule has 1 atom stereocenters. The van der Waals surface area contributed by atoms with Gasteiger partial charge in [-0.2, -0.15) is 5.26 Å². The predicted octanol–water partition coefficient (Wildman–Crippen LogP) is 5.27. The number of nitrogens with two attached hydrogens (primary N) is 1. The number of ether oxygens (including phenoxy) is 1. The molecule has 0 spiro atoms. The van der Waals surface area contributed by atoms with E-state index in [0.29, 0.717) is 33.5 Å². The zero-order valence-electron chi connectivity index (χ0n) is 18.5. The van der Waals surface area contributed by atoms with Crippen LogP contribution in [-0.2, 0) is 0 Å². The molecule has 176 valence electrons. The SMILES string of the molecule is N#Cc1ccc(-c2nc3cc(N4CC[C@H](N)C4)ccc3nc2-c2ccc(OC(F)(F)F)cc2)cc1. The number of aromatic nitrogens is 2. The minimum Gasteiger partial charge on any atom is -0.406 e. The van der Waals surface area contributed by atoms with Gasteiger partial charge in [0.05, 0.1) is 34.1 Å². The quantitative estimate of drug-likeness (QED) is 0.433. The number of nitrogens with zero attached hydrogens (tertiary/aromatic N) is 4. The van der Waals surface area contributed by atoms with Crippen LogP contribution in [0.4, 0.5) is 18.9 Å². The average molecular weight is 475 g/mol. The first-order valence-corrected chi connectivity index (χ1v) is 11.0. The Morgan fingerprint density at radius 1 is 0.914 bits per heavy atom. The summed E-state index contributed by atoms with van der Waals surface area (Å²) in [6.45, 7) is 1.64. The molecular formula is C26H20F3N5O. The van der Waals surface area contributed by atoms with E-state index in [1.165, 1.54) is 24.3 Å². The van der Waals surface area contributed by atoms with Crippen LogP contribution in [0.1, 0.15) is 12.0 Å². The molecule has 1 aliphatic heterocycles. The maximum Gasteiger partial charge on any atom is 0.573 e. The van der Waals surface area contributed by atoms with Crippen LogP contribution >= 0.6 is 0 Å². The molecule has 6 nitrogen and oxygen atoms in total. The fourth-order valence-corrected chi connectivity index (χ4v) is 4.18. The minimum atomic E-state index is -4.77. The Labute approximate surface area is 199 Å². The lowest BCUT2D eigenvalue weighted by Gasteiger charge is -2.19. The number of benzene rings is 3. The van der Waals surface area contributed by atoms with Crippen molar-refractivity contribution < 1.29 is 17.9 Å². The number of fused-ring (bicyclic) bond motifs is 1. The molecule has 9 heteroatoms. The Hall–Kier alpha value is -4.16. The molecule has 1 saturated heterocycles. The third-order valence-electron chi connectivity index (χ3n) is 5.89. The van der Waals surface area contributed by atoms with Gasteiger partial charge in [0.15, 0.2) is 0 Å². The molecular weight excluding hydrogens is 455 g/mol. The molecule has 4 aromatic rings. The normalized spacial score (nSPS) is 15.9. The summed E-state index contributed by atoms with van der Waals surface area (Å²) in [6.07, 6.45) is -3.85. The summed E-state index contributed by atoms with van der Waals surface area (Å²) in [5.74, 6) is -0.316. The minimum absolute atomic E-state index is 0.137. The van der Waals surface area contributed by atoms with Crippen molar-refractivity contribution in [3.05, 3.63) is 72.3 Å². The summed E-state index contributed by atoms with van der Waals surface area (Å²) in [6, 6.07) is 20.5. The van der Waals surface area contributed by atoms with Crippen molar-refractivity contribution in [3.8, 4) is 34.3 Å². The topological polar surface area (TPSA) is 88.1 Å². The second kappa shape index (κ2) is 8.89. The molecule has 0 amide bonds. The zero-order chi connectivity index (χ0) is 24.6. The smallest absolute Gasteiger partial charge is 0.406 e. The van der Waals surface area contributed by atoms with Crippen molar-refractivity contribution >= 4 is 16.7 Å². The third kappa shape index (κ3) is 4.88. The summed E-state index contributed by atoms with van der Waals surface area (Å²) in [4.78, 5) is 11.9. The summed E-state index contributed by atoms with van der Waals surface area (Å²) in [7, 11) is 0. The van der Waals surface area contributed by atoms with Gasteiger partial charge in [-0.25, -0.2) is 9.97 Å². The predicted molar refractivity (Wildman–Crippen MR) is 127 cm³/mol. The van der Waals surface area contributed by atoms with Gasteiger partial charge in [0.1, 0.15) is 5.75 Å². The molecule has 0 aliphatic carbocycles. The first-order valence-electron chi connectivity index (χ1n) is 11.0. The molecule has 35 heavy (non-hydrogen) atoms. The van der Waals surface area contributed by atoms with E-state index in [1.807, 2.05) is 18.2 Å². The number of anilines is 1. The Morgan fingerprint density at radius 3 is 2.11 bits per heavy atom. The van der Waals surface area contributed by atoms with E-state index in [4.69, 9.17) is 21.0 Å². The van der Waals surface area contributed by atoms with Crippen LogP contribution in [0.15, 0.2) is 66.7 Å². The lowest BCUT2D eigenvalue weighted by Crippen LogP contribution is -2.26. The zero-order valence-corrected chi connectivity index (χ0v) is 18.5. The van der Waals surface area contributed by atoms with Crippen LogP contribution in [0.5, 0.6) is 5.75 Å². The number of hydrogen-bond donors (Lipinski definition) is 1. The number of alkyl halides is 3. The second-order valence-electron chi connectivity index (χ2n) is 8.35. The Balaban J connectivity index is 1.61. The molecule has 0 bridgehead atoms. The highest BCUT2D eigenvalue weighted by Crippen LogP contribution is 2.34. The van der Waals surface area contributed by atoms with Crippen LogP contribution in [-0.4, -0.2) is 35.5 Å².